The van der Waals surface area contributed by atoms with Crippen LogP contribution >= 0.6 is 0 Å². The second kappa shape index (κ2) is 6.85. The number of benzene rings is 1. The number of hydrogen-bond donors (Lipinski definition) is 1. The molecule has 0 unspecified atom stereocenters. The number of nitrogens with two attached hydrogens (primary N) is 1. The summed E-state index contributed by atoms with van der Waals surface area (Å²) in [7, 11) is 0. The number of alkyl halides is 3. The largest absolute Gasteiger partial charge is 0.573 e. The normalized spacial score (nSPS) is 25.0. The second-order valence-electron chi connectivity index (χ2n) is 5.55. The SMILES string of the molecule is C[C@@H]1CN([C@@H](CN)c2ccccc2OC(F)(F)F)C[C@@H](C)O1. The highest BCUT2D eigenvalue weighted by Gasteiger charge is 2.35. The Kier molecular flexibility index (Phi) is 5.31. The lowest BCUT2D eigenvalue weighted by molar-refractivity contribution is -0.275. The van der Waals surface area contributed by atoms with E-state index in [2.05, 4.69) is 9.64 Å². The van der Waals surface area contributed by atoms with Crippen LogP contribution in [0.5, 0.6) is 5.75 Å². The van der Waals surface area contributed by atoms with Gasteiger partial charge >= 0.3 is 6.36 Å². The van der Waals surface area contributed by atoms with Gasteiger partial charge < -0.3 is 15.2 Å². The average molecular weight is 318 g/mol. The fourth-order valence-corrected chi connectivity index (χ4v) is 2.92. The second-order valence-corrected chi connectivity index (χ2v) is 5.55. The molecule has 1 aromatic rings. The Morgan fingerprint density at radius 1 is 1.27 bits per heavy atom. The molecule has 7 heteroatoms. The van der Waals surface area contributed by atoms with E-state index >= 15 is 0 Å². The highest BCUT2D eigenvalue weighted by atomic mass is 19.4. The third kappa shape index (κ3) is 4.34. The first-order valence-corrected chi connectivity index (χ1v) is 7.24. The number of morpholine rings is 1. The first-order valence-electron chi connectivity index (χ1n) is 7.24. The molecule has 1 aromatic carbocycles. The molecule has 0 aliphatic carbocycles. The Morgan fingerprint density at radius 3 is 2.41 bits per heavy atom. The fraction of sp³-hybridized carbons (Fsp3) is 0.600. The van der Waals surface area contributed by atoms with Gasteiger partial charge in [0.2, 0.25) is 0 Å². The molecule has 2 N–H and O–H groups in total. The Morgan fingerprint density at radius 2 is 1.86 bits per heavy atom. The summed E-state index contributed by atoms with van der Waals surface area (Å²) in [5.74, 6) is -0.197. The summed E-state index contributed by atoms with van der Waals surface area (Å²) >= 11 is 0. The molecule has 1 fully saturated rings. The molecule has 0 amide bonds. The van der Waals surface area contributed by atoms with Crippen LogP contribution in [0.3, 0.4) is 0 Å². The van der Waals surface area contributed by atoms with E-state index < -0.39 is 6.36 Å². The van der Waals surface area contributed by atoms with Crippen molar-refractivity contribution in [3.8, 4) is 5.75 Å². The first-order chi connectivity index (χ1) is 10.3. The topological polar surface area (TPSA) is 47.7 Å². The van der Waals surface area contributed by atoms with Crippen LogP contribution in [0.1, 0.15) is 25.5 Å². The van der Waals surface area contributed by atoms with Gasteiger partial charge in [-0.15, -0.1) is 13.2 Å². The number of ether oxygens (including phenoxy) is 2. The van der Waals surface area contributed by atoms with E-state index in [1.54, 1.807) is 12.1 Å². The lowest BCUT2D eigenvalue weighted by Crippen LogP contribution is -2.48. The van der Waals surface area contributed by atoms with Crippen molar-refractivity contribution in [2.75, 3.05) is 19.6 Å². The summed E-state index contributed by atoms with van der Waals surface area (Å²) in [6.07, 6.45) is -4.71. The van der Waals surface area contributed by atoms with Crippen molar-refractivity contribution >= 4 is 0 Å². The molecule has 22 heavy (non-hydrogen) atoms. The molecule has 0 aromatic heterocycles. The molecule has 1 aliphatic heterocycles. The Hall–Kier alpha value is -1.31. The maximum atomic E-state index is 12.6. The third-order valence-electron chi connectivity index (χ3n) is 3.62. The third-order valence-corrected chi connectivity index (χ3v) is 3.62. The van der Waals surface area contributed by atoms with E-state index in [1.165, 1.54) is 12.1 Å². The Balaban J connectivity index is 2.27. The number of hydrogen-bond acceptors (Lipinski definition) is 4. The number of rotatable bonds is 4. The zero-order chi connectivity index (χ0) is 16.3. The summed E-state index contributed by atoms with van der Waals surface area (Å²) in [4.78, 5) is 2.05. The minimum Gasteiger partial charge on any atom is -0.405 e. The maximum Gasteiger partial charge on any atom is 0.573 e. The summed E-state index contributed by atoms with van der Waals surface area (Å²) in [5.41, 5.74) is 6.29. The molecule has 4 nitrogen and oxygen atoms in total. The van der Waals surface area contributed by atoms with Crippen LogP contribution in [-0.4, -0.2) is 43.1 Å². The van der Waals surface area contributed by atoms with Crippen LogP contribution in [0.15, 0.2) is 24.3 Å². The van der Waals surface area contributed by atoms with Crippen LogP contribution < -0.4 is 10.5 Å². The van der Waals surface area contributed by atoms with Crippen LogP contribution in [0.2, 0.25) is 0 Å². The standard InChI is InChI=1S/C15H21F3N2O2/c1-10-8-20(9-11(2)21-10)13(7-19)12-5-3-4-6-14(12)22-15(16,17)18/h3-6,10-11,13H,7-9,19H2,1-2H3/t10-,11-,13+/m1/s1. The van der Waals surface area contributed by atoms with Gasteiger partial charge in [0.05, 0.1) is 18.2 Å². The molecule has 1 saturated heterocycles. The predicted molar refractivity (Wildman–Crippen MR) is 76.5 cm³/mol. The summed E-state index contributed by atoms with van der Waals surface area (Å²) in [6, 6.07) is 5.81. The molecule has 0 saturated carbocycles. The molecule has 2 rings (SSSR count). The molecular weight excluding hydrogens is 297 g/mol. The van der Waals surface area contributed by atoms with Gasteiger partial charge in [0.15, 0.2) is 0 Å². The van der Waals surface area contributed by atoms with E-state index in [1.807, 2.05) is 13.8 Å². The molecule has 1 heterocycles. The lowest BCUT2D eigenvalue weighted by atomic mass is 10.0. The van der Waals surface area contributed by atoms with Gasteiger partial charge in [0.25, 0.3) is 0 Å². The lowest BCUT2D eigenvalue weighted by Gasteiger charge is -2.40. The van der Waals surface area contributed by atoms with Crippen molar-refractivity contribution in [2.45, 2.75) is 38.5 Å². The van der Waals surface area contributed by atoms with Gasteiger partial charge in [-0.05, 0) is 19.9 Å². The van der Waals surface area contributed by atoms with Crippen LogP contribution in [0.25, 0.3) is 0 Å². The van der Waals surface area contributed by atoms with Gasteiger partial charge in [0.1, 0.15) is 5.75 Å². The van der Waals surface area contributed by atoms with Gasteiger partial charge in [-0.2, -0.15) is 0 Å². The predicted octanol–water partition coefficient (Wildman–Crippen LogP) is 2.69. The van der Waals surface area contributed by atoms with Crippen molar-refractivity contribution in [3.63, 3.8) is 0 Å². The van der Waals surface area contributed by atoms with Crippen LogP contribution in [0, 0.1) is 0 Å². The van der Waals surface area contributed by atoms with Gasteiger partial charge in [0, 0.05) is 25.2 Å². The van der Waals surface area contributed by atoms with Crippen LogP contribution in [0.4, 0.5) is 13.2 Å². The van der Waals surface area contributed by atoms with Gasteiger partial charge in [-0.25, -0.2) is 0 Å². The maximum absolute atomic E-state index is 12.6. The van der Waals surface area contributed by atoms with Crippen molar-refractivity contribution in [2.24, 2.45) is 5.73 Å². The molecular formula is C15H21F3N2O2. The first kappa shape index (κ1) is 17.1. The Labute approximate surface area is 128 Å². The zero-order valence-corrected chi connectivity index (χ0v) is 12.6. The van der Waals surface area contributed by atoms with Gasteiger partial charge in [-0.3, -0.25) is 4.90 Å². The number of nitrogens with zero attached hydrogens (tertiary/aromatic N) is 1. The highest BCUT2D eigenvalue weighted by molar-refractivity contribution is 5.36. The summed E-state index contributed by atoms with van der Waals surface area (Å²) < 4.78 is 47.5. The van der Waals surface area contributed by atoms with E-state index in [4.69, 9.17) is 10.5 Å². The minimum absolute atomic E-state index is 0.00787. The molecule has 0 bridgehead atoms. The van der Waals surface area contributed by atoms with Crippen LogP contribution in [-0.2, 0) is 4.74 Å². The molecule has 1 aliphatic rings. The van der Waals surface area contributed by atoms with E-state index in [9.17, 15) is 13.2 Å². The van der Waals surface area contributed by atoms with Crippen molar-refractivity contribution < 1.29 is 22.6 Å². The number of para-hydroxylation sites is 1. The quantitative estimate of drug-likeness (QED) is 0.927. The monoisotopic (exact) mass is 318 g/mol. The van der Waals surface area contributed by atoms with Crippen molar-refractivity contribution in [1.29, 1.82) is 0 Å². The fourth-order valence-electron chi connectivity index (χ4n) is 2.92. The molecule has 124 valence electrons. The molecule has 0 spiro atoms. The summed E-state index contributed by atoms with van der Waals surface area (Å²) in [5, 5.41) is 0. The van der Waals surface area contributed by atoms with E-state index in [0.29, 0.717) is 18.7 Å². The van der Waals surface area contributed by atoms with Crippen molar-refractivity contribution in [1.82, 2.24) is 4.90 Å². The van der Waals surface area contributed by atoms with Gasteiger partial charge in [-0.1, -0.05) is 18.2 Å². The summed E-state index contributed by atoms with van der Waals surface area (Å²) in [6.45, 7) is 5.32. The highest BCUT2D eigenvalue weighted by Crippen LogP contribution is 2.33. The number of halogens is 3. The van der Waals surface area contributed by atoms with Crippen molar-refractivity contribution in [3.05, 3.63) is 29.8 Å². The average Bonchev–Trinajstić information content (AvgIpc) is 2.38. The Bertz CT molecular complexity index is 486. The smallest absolute Gasteiger partial charge is 0.405 e. The zero-order valence-electron chi connectivity index (χ0n) is 12.6. The minimum atomic E-state index is -4.72. The van der Waals surface area contributed by atoms with E-state index in [-0.39, 0.29) is 30.5 Å². The van der Waals surface area contributed by atoms with E-state index in [0.717, 1.165) is 0 Å². The molecule has 3 atom stereocenters. The molecule has 0 radical (unpaired) electrons.